The van der Waals surface area contributed by atoms with Gasteiger partial charge in [-0.25, -0.2) is 4.79 Å². The molecule has 162 valence electrons. The van der Waals surface area contributed by atoms with Gasteiger partial charge in [-0.2, -0.15) is 0 Å². The number of aromatic nitrogens is 1. The van der Waals surface area contributed by atoms with E-state index in [2.05, 4.69) is 0 Å². The molecule has 0 bridgehead atoms. The lowest BCUT2D eigenvalue weighted by Gasteiger charge is -2.29. The first kappa shape index (κ1) is 23.2. The van der Waals surface area contributed by atoms with E-state index in [9.17, 15) is 14.4 Å². The van der Waals surface area contributed by atoms with Crippen LogP contribution in [-0.4, -0.2) is 53.9 Å². The number of rotatable bonds is 8. The van der Waals surface area contributed by atoms with Gasteiger partial charge in [0, 0.05) is 24.8 Å². The first-order valence-electron chi connectivity index (χ1n) is 9.93. The molecule has 1 heterocycles. The second-order valence-corrected chi connectivity index (χ2v) is 7.22. The number of carbonyl (C=O) groups excluding carboxylic acids is 3. The Balaban J connectivity index is 2.48. The molecule has 30 heavy (non-hydrogen) atoms. The maximum absolute atomic E-state index is 13.5. The first-order chi connectivity index (χ1) is 14.2. The predicted octanol–water partition coefficient (Wildman–Crippen LogP) is 3.56. The summed E-state index contributed by atoms with van der Waals surface area (Å²) in [6.45, 7) is 7.60. The largest absolute Gasteiger partial charge is 0.496 e. The van der Waals surface area contributed by atoms with Crippen molar-refractivity contribution in [3.05, 3.63) is 52.3 Å². The number of para-hydroxylation sites is 1. The lowest BCUT2D eigenvalue weighted by Crippen LogP contribution is -2.44. The Morgan fingerprint density at radius 2 is 1.77 bits per heavy atom. The number of ketones is 1. The number of methoxy groups -OCH3 is 2. The Bertz CT molecular complexity index is 961. The average Bonchev–Trinajstić information content (AvgIpc) is 2.98. The minimum atomic E-state index is -0.715. The molecule has 0 saturated carbocycles. The summed E-state index contributed by atoms with van der Waals surface area (Å²) < 4.78 is 11.9. The molecule has 0 aliphatic rings. The standard InChI is InChI=1S/C23H30N2O5/c1-8-13-25(22(27)17-11-9-10-12-18(17)29-6)16(4)21(26)19-14(2)20(23(28)30-7)24(5)15(19)3/h9-12,16H,8,13H2,1-7H3/t16-/m0/s1. The molecule has 1 atom stereocenters. The van der Waals surface area contributed by atoms with Crippen LogP contribution in [0.5, 0.6) is 5.75 Å². The minimum Gasteiger partial charge on any atom is -0.496 e. The van der Waals surface area contributed by atoms with Gasteiger partial charge < -0.3 is 18.9 Å². The van der Waals surface area contributed by atoms with Gasteiger partial charge in [-0.1, -0.05) is 19.1 Å². The van der Waals surface area contributed by atoms with Crippen LogP contribution in [0.2, 0.25) is 0 Å². The summed E-state index contributed by atoms with van der Waals surface area (Å²) in [4.78, 5) is 40.5. The van der Waals surface area contributed by atoms with Crippen LogP contribution in [0.1, 0.15) is 62.7 Å². The summed E-state index contributed by atoms with van der Waals surface area (Å²) in [5, 5.41) is 0. The number of nitrogens with zero attached hydrogens (tertiary/aromatic N) is 2. The molecule has 0 radical (unpaired) electrons. The minimum absolute atomic E-state index is 0.215. The number of Topliss-reactive ketones (excluding diaryl/α,β-unsaturated/α-hetero) is 1. The van der Waals surface area contributed by atoms with Gasteiger partial charge in [0.2, 0.25) is 0 Å². The van der Waals surface area contributed by atoms with Crippen molar-refractivity contribution < 1.29 is 23.9 Å². The highest BCUT2D eigenvalue weighted by Crippen LogP contribution is 2.26. The van der Waals surface area contributed by atoms with Crippen LogP contribution in [0.15, 0.2) is 24.3 Å². The van der Waals surface area contributed by atoms with Gasteiger partial charge in [0.15, 0.2) is 5.78 Å². The van der Waals surface area contributed by atoms with Crippen molar-refractivity contribution in [2.24, 2.45) is 7.05 Å². The van der Waals surface area contributed by atoms with Gasteiger partial charge in [0.1, 0.15) is 11.4 Å². The summed E-state index contributed by atoms with van der Waals surface area (Å²) in [6.07, 6.45) is 0.693. The van der Waals surface area contributed by atoms with Gasteiger partial charge in [-0.05, 0) is 44.9 Å². The van der Waals surface area contributed by atoms with Crippen molar-refractivity contribution in [2.75, 3.05) is 20.8 Å². The van der Waals surface area contributed by atoms with Crippen LogP contribution in [0, 0.1) is 13.8 Å². The number of hydrogen-bond acceptors (Lipinski definition) is 5. The fraction of sp³-hybridized carbons (Fsp3) is 0.435. The topological polar surface area (TPSA) is 77.8 Å². The van der Waals surface area contributed by atoms with E-state index in [1.807, 2.05) is 6.92 Å². The normalized spacial score (nSPS) is 11.7. The van der Waals surface area contributed by atoms with Crippen molar-refractivity contribution in [1.29, 1.82) is 0 Å². The van der Waals surface area contributed by atoms with E-state index in [1.165, 1.54) is 14.2 Å². The van der Waals surface area contributed by atoms with Gasteiger partial charge >= 0.3 is 5.97 Å². The van der Waals surface area contributed by atoms with E-state index in [0.29, 0.717) is 46.8 Å². The third kappa shape index (κ3) is 4.10. The van der Waals surface area contributed by atoms with Crippen molar-refractivity contribution >= 4 is 17.7 Å². The zero-order valence-electron chi connectivity index (χ0n) is 18.7. The van der Waals surface area contributed by atoms with E-state index >= 15 is 0 Å². The molecule has 1 aromatic carbocycles. The highest BCUT2D eigenvalue weighted by molar-refractivity contribution is 6.08. The van der Waals surface area contributed by atoms with Crippen LogP contribution in [0.4, 0.5) is 0 Å². The third-order valence-electron chi connectivity index (χ3n) is 5.47. The molecule has 7 heteroatoms. The predicted molar refractivity (Wildman–Crippen MR) is 114 cm³/mol. The maximum Gasteiger partial charge on any atom is 0.354 e. The van der Waals surface area contributed by atoms with E-state index in [0.717, 1.165) is 0 Å². The van der Waals surface area contributed by atoms with Gasteiger partial charge in [0.05, 0.1) is 25.8 Å². The van der Waals surface area contributed by atoms with E-state index in [1.54, 1.807) is 61.6 Å². The Kier molecular flexibility index (Phi) is 7.43. The molecule has 1 amide bonds. The molecule has 2 rings (SSSR count). The molecule has 0 fully saturated rings. The van der Waals surface area contributed by atoms with Crippen LogP contribution >= 0.6 is 0 Å². The van der Waals surface area contributed by atoms with Gasteiger partial charge in [-0.15, -0.1) is 0 Å². The summed E-state index contributed by atoms with van der Waals surface area (Å²) in [7, 11) is 4.54. The fourth-order valence-corrected chi connectivity index (χ4v) is 3.76. The quantitative estimate of drug-likeness (QED) is 0.488. The molecule has 0 saturated heterocycles. The molecule has 0 spiro atoms. The highest BCUT2D eigenvalue weighted by Gasteiger charge is 2.33. The summed E-state index contributed by atoms with van der Waals surface area (Å²) >= 11 is 0. The molecular formula is C23H30N2O5. The number of benzene rings is 1. The molecule has 2 aromatic rings. The number of esters is 1. The molecule has 0 N–H and O–H groups in total. The monoisotopic (exact) mass is 414 g/mol. The van der Waals surface area contributed by atoms with Gasteiger partial charge in [0.25, 0.3) is 5.91 Å². The van der Waals surface area contributed by atoms with E-state index in [4.69, 9.17) is 9.47 Å². The molecule has 0 unspecified atom stereocenters. The Hall–Kier alpha value is -3.09. The van der Waals surface area contributed by atoms with Crippen LogP contribution in [0.25, 0.3) is 0 Å². The van der Waals surface area contributed by atoms with Crippen LogP contribution in [0.3, 0.4) is 0 Å². The summed E-state index contributed by atoms with van der Waals surface area (Å²) in [5.74, 6) is -0.523. The Morgan fingerprint density at radius 3 is 2.33 bits per heavy atom. The second-order valence-electron chi connectivity index (χ2n) is 7.22. The molecular weight excluding hydrogens is 384 g/mol. The first-order valence-corrected chi connectivity index (χ1v) is 9.93. The summed E-state index contributed by atoms with van der Waals surface area (Å²) in [5.41, 5.74) is 2.40. The molecule has 7 nitrogen and oxygen atoms in total. The number of ether oxygens (including phenoxy) is 2. The number of hydrogen-bond donors (Lipinski definition) is 0. The SMILES string of the molecule is CCCN(C(=O)c1ccccc1OC)[C@@H](C)C(=O)c1c(C)c(C(=O)OC)n(C)c1C. The van der Waals surface area contributed by atoms with E-state index < -0.39 is 12.0 Å². The number of amides is 1. The van der Waals surface area contributed by atoms with Crippen molar-refractivity contribution in [3.8, 4) is 5.75 Å². The molecule has 1 aromatic heterocycles. The zero-order valence-corrected chi connectivity index (χ0v) is 18.7. The lowest BCUT2D eigenvalue weighted by molar-refractivity contribution is 0.0587. The maximum atomic E-state index is 13.5. The Morgan fingerprint density at radius 1 is 1.13 bits per heavy atom. The lowest BCUT2D eigenvalue weighted by atomic mass is 9.99. The smallest absolute Gasteiger partial charge is 0.354 e. The van der Waals surface area contributed by atoms with Crippen LogP contribution in [-0.2, 0) is 11.8 Å². The molecule has 0 aliphatic carbocycles. The fourth-order valence-electron chi connectivity index (χ4n) is 3.76. The highest BCUT2D eigenvalue weighted by atomic mass is 16.5. The average molecular weight is 415 g/mol. The number of carbonyl (C=O) groups is 3. The molecule has 0 aliphatic heterocycles. The zero-order chi connectivity index (χ0) is 22.6. The van der Waals surface area contributed by atoms with E-state index in [-0.39, 0.29) is 11.7 Å². The van der Waals surface area contributed by atoms with Crippen molar-refractivity contribution in [3.63, 3.8) is 0 Å². The third-order valence-corrected chi connectivity index (χ3v) is 5.47. The van der Waals surface area contributed by atoms with Crippen molar-refractivity contribution in [2.45, 2.75) is 40.2 Å². The van der Waals surface area contributed by atoms with Crippen molar-refractivity contribution in [1.82, 2.24) is 9.47 Å². The Labute approximate surface area is 177 Å². The summed E-state index contributed by atoms with van der Waals surface area (Å²) in [6, 6.07) is 6.25. The van der Waals surface area contributed by atoms with Crippen LogP contribution < -0.4 is 4.74 Å². The second kappa shape index (κ2) is 9.61. The van der Waals surface area contributed by atoms with Gasteiger partial charge in [-0.3, -0.25) is 9.59 Å².